The standard InChI is InChI=1S/C19H22N2O3/c22-17(20-13-7-8-13)15-9-12-6-5-11(15)10-19(12)21-18(23)14-3-1-2-4-16(14)24-19/h1-4,11-13,15H,5-10H2,(H,20,22)(H,21,23)/t11-,12+,15-,19+/m1/s1. The maximum atomic E-state index is 12.5. The Kier molecular flexibility index (Phi) is 2.97. The van der Waals surface area contributed by atoms with Crippen molar-refractivity contribution in [2.45, 2.75) is 50.3 Å². The van der Waals surface area contributed by atoms with E-state index in [1.165, 1.54) is 0 Å². The van der Waals surface area contributed by atoms with Gasteiger partial charge in [0.25, 0.3) is 5.91 Å². The molecule has 0 aromatic heterocycles. The zero-order valence-corrected chi connectivity index (χ0v) is 13.6. The SMILES string of the molecule is O=C1N[C@@]2(C[C@H]3CC[C@H]2C[C@H]3C(=O)NC2CC2)Oc2ccccc21. The van der Waals surface area contributed by atoms with Crippen LogP contribution in [0.25, 0.3) is 0 Å². The topological polar surface area (TPSA) is 67.4 Å². The number of hydrogen-bond donors (Lipinski definition) is 2. The molecule has 5 nitrogen and oxygen atoms in total. The first-order chi connectivity index (χ1) is 11.6. The fourth-order valence-electron chi connectivity index (χ4n) is 4.82. The maximum absolute atomic E-state index is 12.5. The number of carbonyl (C=O) groups excluding carboxylic acids is 2. The van der Waals surface area contributed by atoms with Crippen LogP contribution in [0.1, 0.15) is 48.9 Å². The predicted molar refractivity (Wildman–Crippen MR) is 87.4 cm³/mol. The van der Waals surface area contributed by atoms with Gasteiger partial charge in [0.15, 0.2) is 5.72 Å². The molecule has 2 N–H and O–H groups in total. The quantitative estimate of drug-likeness (QED) is 0.876. The van der Waals surface area contributed by atoms with Gasteiger partial charge in [0, 0.05) is 24.3 Å². The van der Waals surface area contributed by atoms with Gasteiger partial charge >= 0.3 is 0 Å². The van der Waals surface area contributed by atoms with Crippen LogP contribution < -0.4 is 15.4 Å². The minimum atomic E-state index is -0.620. The number of fused-ring (bicyclic) bond motifs is 3. The van der Waals surface area contributed by atoms with E-state index >= 15 is 0 Å². The van der Waals surface area contributed by atoms with Crippen LogP contribution in [0.3, 0.4) is 0 Å². The molecule has 4 atom stereocenters. The average Bonchev–Trinajstić information content (AvgIpc) is 3.39. The number of nitrogens with one attached hydrogen (secondary N) is 2. The molecule has 0 saturated heterocycles. The molecular weight excluding hydrogens is 304 g/mol. The van der Waals surface area contributed by atoms with Crippen molar-refractivity contribution < 1.29 is 14.3 Å². The molecule has 1 aromatic carbocycles. The number of para-hydroxylation sites is 1. The van der Waals surface area contributed by atoms with Crippen molar-refractivity contribution >= 4 is 11.8 Å². The van der Waals surface area contributed by atoms with Crippen molar-refractivity contribution in [2.24, 2.45) is 17.8 Å². The van der Waals surface area contributed by atoms with E-state index in [9.17, 15) is 9.59 Å². The molecule has 2 amide bonds. The highest BCUT2D eigenvalue weighted by Gasteiger charge is 2.57. The Balaban J connectivity index is 1.40. The van der Waals surface area contributed by atoms with Crippen molar-refractivity contribution in [3.63, 3.8) is 0 Å². The Morgan fingerprint density at radius 1 is 1.21 bits per heavy atom. The minimum absolute atomic E-state index is 0.0524. The molecule has 4 saturated carbocycles. The third-order valence-electron chi connectivity index (χ3n) is 6.23. The van der Waals surface area contributed by atoms with Gasteiger partial charge in [-0.25, -0.2) is 0 Å². The summed E-state index contributed by atoms with van der Waals surface area (Å²) in [6, 6.07) is 7.83. The van der Waals surface area contributed by atoms with E-state index in [2.05, 4.69) is 10.6 Å². The minimum Gasteiger partial charge on any atom is -0.467 e. The van der Waals surface area contributed by atoms with Crippen LogP contribution in [-0.2, 0) is 4.79 Å². The fourth-order valence-corrected chi connectivity index (χ4v) is 4.82. The van der Waals surface area contributed by atoms with Gasteiger partial charge in [-0.15, -0.1) is 0 Å². The summed E-state index contributed by atoms with van der Waals surface area (Å²) in [5, 5.41) is 6.30. The number of carbonyl (C=O) groups is 2. The Bertz CT molecular complexity index is 714. The van der Waals surface area contributed by atoms with Crippen LogP contribution in [0.2, 0.25) is 0 Å². The Morgan fingerprint density at radius 3 is 2.79 bits per heavy atom. The number of ether oxygens (including phenoxy) is 1. The lowest BCUT2D eigenvalue weighted by Gasteiger charge is -2.55. The van der Waals surface area contributed by atoms with E-state index in [1.54, 1.807) is 6.07 Å². The summed E-state index contributed by atoms with van der Waals surface area (Å²) in [6.45, 7) is 0. The summed E-state index contributed by atoms with van der Waals surface area (Å²) in [5.41, 5.74) is -0.0161. The summed E-state index contributed by atoms with van der Waals surface area (Å²) >= 11 is 0. The first-order valence-electron chi connectivity index (χ1n) is 9.05. The number of amides is 2. The Morgan fingerprint density at radius 2 is 2.04 bits per heavy atom. The van der Waals surface area contributed by atoms with Gasteiger partial charge in [-0.1, -0.05) is 12.1 Å². The number of benzene rings is 1. The molecule has 1 spiro atoms. The van der Waals surface area contributed by atoms with Crippen molar-refractivity contribution in [1.82, 2.24) is 10.6 Å². The smallest absolute Gasteiger partial charge is 0.258 e. The lowest BCUT2D eigenvalue weighted by atomic mass is 9.60. The third-order valence-corrected chi connectivity index (χ3v) is 6.23. The zero-order chi connectivity index (χ0) is 16.3. The van der Waals surface area contributed by atoms with E-state index in [1.807, 2.05) is 18.2 Å². The molecule has 1 heterocycles. The molecule has 5 heteroatoms. The fraction of sp³-hybridized carbons (Fsp3) is 0.579. The molecule has 2 bridgehead atoms. The molecule has 6 rings (SSSR count). The van der Waals surface area contributed by atoms with Gasteiger partial charge in [-0.2, -0.15) is 0 Å². The van der Waals surface area contributed by atoms with Crippen LogP contribution in [-0.4, -0.2) is 23.6 Å². The molecule has 1 aromatic rings. The highest BCUT2D eigenvalue weighted by Crippen LogP contribution is 2.52. The first kappa shape index (κ1) is 14.3. The largest absolute Gasteiger partial charge is 0.467 e. The van der Waals surface area contributed by atoms with Gasteiger partial charge in [-0.05, 0) is 50.2 Å². The molecule has 24 heavy (non-hydrogen) atoms. The van der Waals surface area contributed by atoms with Crippen LogP contribution in [0, 0.1) is 17.8 Å². The molecule has 5 aliphatic rings. The van der Waals surface area contributed by atoms with Crippen LogP contribution in [0.4, 0.5) is 0 Å². The highest BCUT2D eigenvalue weighted by molar-refractivity contribution is 5.98. The van der Waals surface area contributed by atoms with Crippen molar-refractivity contribution in [3.8, 4) is 5.75 Å². The second-order valence-electron chi connectivity index (χ2n) is 7.81. The summed E-state index contributed by atoms with van der Waals surface area (Å²) in [4.78, 5) is 25.1. The Hall–Kier alpha value is -2.04. The zero-order valence-electron chi connectivity index (χ0n) is 13.6. The lowest BCUT2D eigenvalue weighted by Crippen LogP contribution is -2.67. The van der Waals surface area contributed by atoms with Gasteiger partial charge in [-0.3, -0.25) is 9.59 Å². The van der Waals surface area contributed by atoms with Gasteiger partial charge in [0.2, 0.25) is 5.91 Å². The van der Waals surface area contributed by atoms with Crippen molar-refractivity contribution in [1.29, 1.82) is 0 Å². The maximum Gasteiger partial charge on any atom is 0.258 e. The van der Waals surface area contributed by atoms with E-state index in [-0.39, 0.29) is 23.7 Å². The monoisotopic (exact) mass is 326 g/mol. The van der Waals surface area contributed by atoms with E-state index in [0.29, 0.717) is 23.3 Å². The first-order valence-corrected chi connectivity index (χ1v) is 9.05. The molecule has 126 valence electrons. The third kappa shape index (κ3) is 2.14. The normalized spacial score (nSPS) is 36.7. The summed E-state index contributed by atoms with van der Waals surface area (Å²) in [5.74, 6) is 1.41. The van der Waals surface area contributed by atoms with Gasteiger partial charge in [0.05, 0.1) is 5.56 Å². The van der Waals surface area contributed by atoms with Crippen LogP contribution >= 0.6 is 0 Å². The van der Waals surface area contributed by atoms with Crippen molar-refractivity contribution in [2.75, 3.05) is 0 Å². The summed E-state index contributed by atoms with van der Waals surface area (Å²) in [6.07, 6.45) is 5.85. The molecule has 4 fully saturated rings. The second-order valence-corrected chi connectivity index (χ2v) is 7.81. The molecule has 4 aliphatic carbocycles. The molecular formula is C19H22N2O3. The molecule has 0 unspecified atom stereocenters. The summed E-state index contributed by atoms with van der Waals surface area (Å²) in [7, 11) is 0. The molecule has 1 aliphatic heterocycles. The van der Waals surface area contributed by atoms with E-state index in [4.69, 9.17) is 4.74 Å². The van der Waals surface area contributed by atoms with Crippen LogP contribution in [0.5, 0.6) is 5.75 Å². The number of hydrogen-bond acceptors (Lipinski definition) is 3. The number of rotatable bonds is 2. The van der Waals surface area contributed by atoms with Gasteiger partial charge in [0.1, 0.15) is 5.75 Å². The average molecular weight is 326 g/mol. The lowest BCUT2D eigenvalue weighted by molar-refractivity contribution is -0.146. The summed E-state index contributed by atoms with van der Waals surface area (Å²) < 4.78 is 6.32. The van der Waals surface area contributed by atoms with E-state index < -0.39 is 5.72 Å². The van der Waals surface area contributed by atoms with E-state index in [0.717, 1.165) is 38.5 Å². The second kappa shape index (κ2) is 4.98. The predicted octanol–water partition coefficient (Wildman–Crippen LogP) is 2.22. The van der Waals surface area contributed by atoms with Crippen LogP contribution in [0.15, 0.2) is 24.3 Å². The van der Waals surface area contributed by atoms with Gasteiger partial charge < -0.3 is 15.4 Å². The Labute approximate surface area is 141 Å². The highest BCUT2D eigenvalue weighted by atomic mass is 16.5. The van der Waals surface area contributed by atoms with Crippen molar-refractivity contribution in [3.05, 3.63) is 29.8 Å². The molecule has 0 radical (unpaired) electrons.